The van der Waals surface area contributed by atoms with Crippen molar-refractivity contribution in [1.29, 1.82) is 0 Å². The summed E-state index contributed by atoms with van der Waals surface area (Å²) in [5.74, 6) is -0.251. The number of carbonyl (C=O) groups is 2. The summed E-state index contributed by atoms with van der Waals surface area (Å²) in [6.45, 7) is 4.30. The SMILES string of the molecule is Cc1c(C=CC(=O)Nc2ccc(C(=O)N3CCOCC3)cc2)cnn1C. The summed E-state index contributed by atoms with van der Waals surface area (Å²) < 4.78 is 7.01. The summed E-state index contributed by atoms with van der Waals surface area (Å²) in [5, 5.41) is 6.92. The van der Waals surface area contributed by atoms with Gasteiger partial charge in [0.1, 0.15) is 0 Å². The molecule has 2 aromatic rings. The fourth-order valence-corrected chi connectivity index (χ4v) is 2.67. The molecule has 1 aliphatic rings. The Bertz CT molecular complexity index is 818. The molecule has 7 nitrogen and oxygen atoms in total. The standard InChI is InChI=1S/C19H22N4O3/c1-14-16(13-20-22(14)2)5-8-18(24)21-17-6-3-15(4-7-17)19(25)23-9-11-26-12-10-23/h3-8,13H,9-12H2,1-2H3,(H,21,24). The van der Waals surface area contributed by atoms with Crippen LogP contribution in [0.5, 0.6) is 0 Å². The van der Waals surface area contributed by atoms with Crippen molar-refractivity contribution in [1.82, 2.24) is 14.7 Å². The van der Waals surface area contributed by atoms with Crippen LogP contribution in [0.15, 0.2) is 36.5 Å². The highest BCUT2D eigenvalue weighted by Gasteiger charge is 2.18. The van der Waals surface area contributed by atoms with Crippen LogP contribution < -0.4 is 5.32 Å². The third-order valence-electron chi connectivity index (χ3n) is 4.39. The lowest BCUT2D eigenvalue weighted by Crippen LogP contribution is -2.40. The molecular weight excluding hydrogens is 332 g/mol. The Labute approximate surface area is 152 Å². The Kier molecular flexibility index (Phi) is 5.48. The number of morpholine rings is 1. The first kappa shape index (κ1) is 17.9. The van der Waals surface area contributed by atoms with Crippen LogP contribution in [-0.4, -0.2) is 52.8 Å². The van der Waals surface area contributed by atoms with Crippen LogP contribution >= 0.6 is 0 Å². The molecule has 1 aliphatic heterocycles. The number of carbonyl (C=O) groups excluding carboxylic acids is 2. The zero-order chi connectivity index (χ0) is 18.5. The topological polar surface area (TPSA) is 76.5 Å². The van der Waals surface area contributed by atoms with Gasteiger partial charge in [-0.25, -0.2) is 0 Å². The summed E-state index contributed by atoms with van der Waals surface area (Å²) in [4.78, 5) is 26.2. The van der Waals surface area contributed by atoms with Crippen molar-refractivity contribution in [3.63, 3.8) is 0 Å². The number of nitrogens with zero attached hydrogens (tertiary/aromatic N) is 3. The second-order valence-electron chi connectivity index (χ2n) is 6.11. The molecule has 2 heterocycles. The maximum absolute atomic E-state index is 12.4. The number of ether oxygens (including phenoxy) is 1. The van der Waals surface area contributed by atoms with E-state index in [9.17, 15) is 9.59 Å². The lowest BCUT2D eigenvalue weighted by atomic mass is 10.1. The summed E-state index contributed by atoms with van der Waals surface area (Å²) >= 11 is 0. The second kappa shape index (κ2) is 7.97. The zero-order valence-electron chi connectivity index (χ0n) is 14.9. The molecule has 2 amide bonds. The van der Waals surface area contributed by atoms with Gasteiger partial charge in [0.25, 0.3) is 5.91 Å². The van der Waals surface area contributed by atoms with Crippen LogP contribution in [0.2, 0.25) is 0 Å². The van der Waals surface area contributed by atoms with E-state index in [1.165, 1.54) is 6.08 Å². The highest BCUT2D eigenvalue weighted by molar-refractivity contribution is 6.02. The average molecular weight is 354 g/mol. The van der Waals surface area contributed by atoms with E-state index in [4.69, 9.17) is 4.74 Å². The highest BCUT2D eigenvalue weighted by atomic mass is 16.5. The molecule has 0 unspecified atom stereocenters. The smallest absolute Gasteiger partial charge is 0.254 e. The van der Waals surface area contributed by atoms with Gasteiger partial charge in [0, 0.05) is 48.7 Å². The second-order valence-corrected chi connectivity index (χ2v) is 6.11. The summed E-state index contributed by atoms with van der Waals surface area (Å²) in [7, 11) is 1.85. The minimum atomic E-state index is -0.236. The fourth-order valence-electron chi connectivity index (χ4n) is 2.67. The van der Waals surface area contributed by atoms with E-state index in [-0.39, 0.29) is 11.8 Å². The van der Waals surface area contributed by atoms with E-state index in [1.807, 2.05) is 14.0 Å². The first-order valence-corrected chi connectivity index (χ1v) is 8.49. The van der Waals surface area contributed by atoms with Gasteiger partial charge in [0.15, 0.2) is 0 Å². The molecule has 26 heavy (non-hydrogen) atoms. The number of anilines is 1. The number of rotatable bonds is 4. The van der Waals surface area contributed by atoms with Crippen molar-refractivity contribution in [3.05, 3.63) is 53.4 Å². The van der Waals surface area contributed by atoms with Gasteiger partial charge in [0.2, 0.25) is 5.91 Å². The van der Waals surface area contributed by atoms with Crippen LogP contribution in [0.3, 0.4) is 0 Å². The number of hydrogen-bond acceptors (Lipinski definition) is 4. The summed E-state index contributed by atoms with van der Waals surface area (Å²) in [5.41, 5.74) is 3.13. The molecule has 1 aromatic carbocycles. The summed E-state index contributed by atoms with van der Waals surface area (Å²) in [6.07, 6.45) is 4.91. The molecule has 3 rings (SSSR count). The Morgan fingerprint density at radius 3 is 2.50 bits per heavy atom. The van der Waals surface area contributed by atoms with Crippen molar-refractivity contribution in [3.8, 4) is 0 Å². The molecule has 0 atom stereocenters. The number of aryl methyl sites for hydroxylation is 1. The Balaban J connectivity index is 1.59. The van der Waals surface area contributed by atoms with E-state index in [2.05, 4.69) is 10.4 Å². The zero-order valence-corrected chi connectivity index (χ0v) is 14.9. The maximum Gasteiger partial charge on any atom is 0.254 e. The van der Waals surface area contributed by atoms with Gasteiger partial charge in [-0.1, -0.05) is 0 Å². The highest BCUT2D eigenvalue weighted by Crippen LogP contribution is 2.13. The van der Waals surface area contributed by atoms with Crippen molar-refractivity contribution in [2.45, 2.75) is 6.92 Å². The quantitative estimate of drug-likeness (QED) is 0.850. The molecule has 7 heteroatoms. The number of aromatic nitrogens is 2. The third-order valence-corrected chi connectivity index (χ3v) is 4.39. The van der Waals surface area contributed by atoms with Gasteiger partial charge in [0.05, 0.1) is 19.4 Å². The normalized spacial score (nSPS) is 14.6. The van der Waals surface area contributed by atoms with Crippen LogP contribution in [-0.2, 0) is 16.6 Å². The van der Waals surface area contributed by atoms with Crippen LogP contribution in [0.25, 0.3) is 6.08 Å². The minimum Gasteiger partial charge on any atom is -0.378 e. The average Bonchev–Trinajstić information content (AvgIpc) is 2.99. The molecule has 136 valence electrons. The van der Waals surface area contributed by atoms with E-state index in [1.54, 1.807) is 46.1 Å². The summed E-state index contributed by atoms with van der Waals surface area (Å²) in [6, 6.07) is 6.91. The Morgan fingerprint density at radius 1 is 1.19 bits per heavy atom. The van der Waals surface area contributed by atoms with Crippen LogP contribution in [0.4, 0.5) is 5.69 Å². The lowest BCUT2D eigenvalue weighted by Gasteiger charge is -2.26. The van der Waals surface area contributed by atoms with Gasteiger partial charge < -0.3 is 15.0 Å². The van der Waals surface area contributed by atoms with Crippen molar-refractivity contribution in [2.24, 2.45) is 7.05 Å². The van der Waals surface area contributed by atoms with Gasteiger partial charge in [-0.15, -0.1) is 0 Å². The molecule has 0 saturated carbocycles. The van der Waals surface area contributed by atoms with Crippen LogP contribution in [0.1, 0.15) is 21.6 Å². The van der Waals surface area contributed by atoms with Crippen LogP contribution in [0, 0.1) is 6.92 Å². The molecular formula is C19H22N4O3. The van der Waals surface area contributed by atoms with Gasteiger partial charge in [-0.2, -0.15) is 5.10 Å². The lowest BCUT2D eigenvalue weighted by molar-refractivity contribution is -0.111. The third kappa shape index (κ3) is 4.18. The fraction of sp³-hybridized carbons (Fsp3) is 0.316. The minimum absolute atomic E-state index is 0.0156. The van der Waals surface area contributed by atoms with Gasteiger partial charge in [-0.3, -0.25) is 14.3 Å². The van der Waals surface area contributed by atoms with Crippen molar-refractivity contribution >= 4 is 23.6 Å². The molecule has 0 bridgehead atoms. The predicted molar refractivity (Wildman–Crippen MR) is 98.8 cm³/mol. The first-order chi connectivity index (χ1) is 12.5. The molecule has 1 fully saturated rings. The number of hydrogen-bond donors (Lipinski definition) is 1. The Hall–Kier alpha value is -2.93. The van der Waals surface area contributed by atoms with Gasteiger partial charge in [-0.05, 0) is 37.3 Å². The predicted octanol–water partition coefficient (Wildman–Crippen LogP) is 1.85. The van der Waals surface area contributed by atoms with E-state index in [0.29, 0.717) is 37.6 Å². The molecule has 0 aliphatic carbocycles. The molecule has 1 N–H and O–H groups in total. The molecule has 0 spiro atoms. The monoisotopic (exact) mass is 354 g/mol. The van der Waals surface area contributed by atoms with E-state index < -0.39 is 0 Å². The maximum atomic E-state index is 12.4. The van der Waals surface area contributed by atoms with E-state index in [0.717, 1.165) is 11.3 Å². The number of nitrogens with one attached hydrogen (secondary N) is 1. The molecule has 1 saturated heterocycles. The number of amides is 2. The van der Waals surface area contributed by atoms with Crippen molar-refractivity contribution in [2.75, 3.05) is 31.6 Å². The van der Waals surface area contributed by atoms with Crippen molar-refractivity contribution < 1.29 is 14.3 Å². The van der Waals surface area contributed by atoms with E-state index >= 15 is 0 Å². The molecule has 0 radical (unpaired) electrons. The number of benzene rings is 1. The van der Waals surface area contributed by atoms with Gasteiger partial charge >= 0.3 is 0 Å². The largest absolute Gasteiger partial charge is 0.378 e. The Morgan fingerprint density at radius 2 is 1.88 bits per heavy atom. The molecule has 1 aromatic heterocycles. The first-order valence-electron chi connectivity index (χ1n) is 8.49.